The van der Waals surface area contributed by atoms with E-state index in [-0.39, 0.29) is 5.75 Å². The molecule has 0 saturated heterocycles. The lowest BCUT2D eigenvalue weighted by Crippen LogP contribution is -1.85. The molecule has 1 aromatic heterocycles. The molecule has 1 heterocycles. The molecule has 3 aromatic rings. The number of nitrogens with zero attached hydrogens (tertiary/aromatic N) is 1. The Morgan fingerprint density at radius 3 is 2.56 bits per heavy atom. The van der Waals surface area contributed by atoms with E-state index in [0.29, 0.717) is 16.9 Å². The Bertz CT molecular complexity index is 736. The SMILES string of the molecule is Nc1ccc(O)c(-c2nc3ccc(N)cc3s2)c1. The summed E-state index contributed by atoms with van der Waals surface area (Å²) in [6.45, 7) is 0. The number of hydrogen-bond donors (Lipinski definition) is 3. The van der Waals surface area contributed by atoms with Crippen LogP contribution in [-0.4, -0.2) is 10.1 Å². The number of aromatic hydroxyl groups is 1. The van der Waals surface area contributed by atoms with Crippen LogP contribution in [0.5, 0.6) is 5.75 Å². The number of hydrogen-bond acceptors (Lipinski definition) is 5. The van der Waals surface area contributed by atoms with E-state index in [1.165, 1.54) is 11.3 Å². The predicted molar refractivity (Wildman–Crippen MR) is 75.5 cm³/mol. The van der Waals surface area contributed by atoms with Crippen molar-refractivity contribution in [2.45, 2.75) is 0 Å². The highest BCUT2D eigenvalue weighted by atomic mass is 32.1. The van der Waals surface area contributed by atoms with E-state index in [0.717, 1.165) is 15.2 Å². The van der Waals surface area contributed by atoms with Crippen LogP contribution in [0.25, 0.3) is 20.8 Å². The molecule has 0 aliphatic carbocycles. The zero-order valence-electron chi connectivity index (χ0n) is 9.42. The number of nitrogen functional groups attached to an aromatic ring is 2. The van der Waals surface area contributed by atoms with E-state index in [1.54, 1.807) is 18.2 Å². The Labute approximate surface area is 108 Å². The van der Waals surface area contributed by atoms with E-state index in [1.807, 2.05) is 18.2 Å². The van der Waals surface area contributed by atoms with Gasteiger partial charge in [0.1, 0.15) is 10.8 Å². The zero-order valence-corrected chi connectivity index (χ0v) is 10.2. The maximum absolute atomic E-state index is 9.85. The molecule has 90 valence electrons. The van der Waals surface area contributed by atoms with E-state index in [2.05, 4.69) is 4.98 Å². The van der Waals surface area contributed by atoms with E-state index in [4.69, 9.17) is 11.5 Å². The summed E-state index contributed by atoms with van der Waals surface area (Å²) in [5.74, 6) is 0.177. The first-order valence-corrected chi connectivity index (χ1v) is 6.20. The van der Waals surface area contributed by atoms with Crippen LogP contribution in [0.1, 0.15) is 0 Å². The number of phenols is 1. The van der Waals surface area contributed by atoms with Gasteiger partial charge >= 0.3 is 0 Å². The highest BCUT2D eigenvalue weighted by Crippen LogP contribution is 2.36. The van der Waals surface area contributed by atoms with Crippen LogP contribution >= 0.6 is 11.3 Å². The van der Waals surface area contributed by atoms with Crippen molar-refractivity contribution in [2.24, 2.45) is 0 Å². The highest BCUT2D eigenvalue weighted by Gasteiger charge is 2.10. The van der Waals surface area contributed by atoms with Gasteiger partial charge in [0.2, 0.25) is 0 Å². The Morgan fingerprint density at radius 2 is 1.72 bits per heavy atom. The monoisotopic (exact) mass is 257 g/mol. The van der Waals surface area contributed by atoms with Crippen LogP contribution in [0.4, 0.5) is 11.4 Å². The second-order valence-electron chi connectivity index (χ2n) is 4.02. The first-order valence-electron chi connectivity index (χ1n) is 5.38. The molecule has 0 spiro atoms. The summed E-state index contributed by atoms with van der Waals surface area (Å²) in [6.07, 6.45) is 0. The fourth-order valence-electron chi connectivity index (χ4n) is 1.78. The quantitative estimate of drug-likeness (QED) is 0.462. The van der Waals surface area contributed by atoms with Crippen molar-refractivity contribution in [2.75, 3.05) is 11.5 Å². The number of rotatable bonds is 1. The van der Waals surface area contributed by atoms with Crippen molar-refractivity contribution in [1.82, 2.24) is 4.98 Å². The maximum Gasteiger partial charge on any atom is 0.128 e. The minimum atomic E-state index is 0.177. The number of thiazole rings is 1. The standard InChI is InChI=1S/C13H11N3OS/c14-7-2-4-11(17)9(5-7)13-16-10-3-1-8(15)6-12(10)18-13/h1-6,17H,14-15H2. The largest absolute Gasteiger partial charge is 0.507 e. The molecule has 0 bridgehead atoms. The maximum atomic E-state index is 9.85. The molecule has 0 saturated carbocycles. The number of nitrogens with two attached hydrogens (primary N) is 2. The molecule has 3 rings (SSSR count). The Kier molecular flexibility index (Phi) is 2.34. The number of anilines is 2. The molecule has 0 aliphatic heterocycles. The molecule has 5 heteroatoms. The second kappa shape index (κ2) is 3.89. The summed E-state index contributed by atoms with van der Waals surface area (Å²) in [7, 11) is 0. The van der Waals surface area contributed by atoms with Crippen molar-refractivity contribution in [3.05, 3.63) is 36.4 Å². The van der Waals surface area contributed by atoms with E-state index in [9.17, 15) is 5.11 Å². The van der Waals surface area contributed by atoms with Gasteiger partial charge in [0.15, 0.2) is 0 Å². The van der Waals surface area contributed by atoms with Gasteiger partial charge in [-0.25, -0.2) is 4.98 Å². The lowest BCUT2D eigenvalue weighted by molar-refractivity contribution is 0.477. The number of fused-ring (bicyclic) bond motifs is 1. The second-order valence-corrected chi connectivity index (χ2v) is 5.05. The van der Waals surface area contributed by atoms with Crippen LogP contribution in [0.15, 0.2) is 36.4 Å². The van der Waals surface area contributed by atoms with Crippen LogP contribution in [0, 0.1) is 0 Å². The molecule has 5 N–H and O–H groups in total. The van der Waals surface area contributed by atoms with Crippen LogP contribution in [0.2, 0.25) is 0 Å². The van der Waals surface area contributed by atoms with Crippen molar-refractivity contribution in [3.63, 3.8) is 0 Å². The third-order valence-corrected chi connectivity index (χ3v) is 3.71. The zero-order chi connectivity index (χ0) is 12.7. The highest BCUT2D eigenvalue weighted by molar-refractivity contribution is 7.21. The van der Waals surface area contributed by atoms with Gasteiger partial charge in [-0.2, -0.15) is 0 Å². The van der Waals surface area contributed by atoms with Gasteiger partial charge in [-0.05, 0) is 36.4 Å². The molecule has 2 aromatic carbocycles. The molecule has 0 radical (unpaired) electrons. The molecule has 4 nitrogen and oxygen atoms in total. The average Bonchev–Trinajstić information content (AvgIpc) is 2.74. The van der Waals surface area contributed by atoms with E-state index >= 15 is 0 Å². The van der Waals surface area contributed by atoms with Crippen molar-refractivity contribution >= 4 is 32.9 Å². The summed E-state index contributed by atoms with van der Waals surface area (Å²) < 4.78 is 0.992. The Balaban J connectivity index is 2.22. The van der Waals surface area contributed by atoms with Gasteiger partial charge in [0, 0.05) is 11.4 Å². The lowest BCUT2D eigenvalue weighted by atomic mass is 10.2. The fraction of sp³-hybridized carbons (Fsp3) is 0. The molecular formula is C13H11N3OS. The summed E-state index contributed by atoms with van der Waals surface area (Å²) >= 11 is 1.48. The van der Waals surface area contributed by atoms with Crippen molar-refractivity contribution in [3.8, 4) is 16.3 Å². The minimum absolute atomic E-state index is 0.177. The molecule has 18 heavy (non-hydrogen) atoms. The van der Waals surface area contributed by atoms with E-state index < -0.39 is 0 Å². The molecule has 0 amide bonds. The first-order chi connectivity index (χ1) is 8.63. The van der Waals surface area contributed by atoms with Gasteiger partial charge in [-0.3, -0.25) is 0 Å². The van der Waals surface area contributed by atoms with Gasteiger partial charge in [0.25, 0.3) is 0 Å². The summed E-state index contributed by atoms with van der Waals surface area (Å²) in [5.41, 5.74) is 14.3. The topological polar surface area (TPSA) is 85.2 Å². The van der Waals surface area contributed by atoms with Gasteiger partial charge in [0.05, 0.1) is 15.8 Å². The van der Waals surface area contributed by atoms with Crippen LogP contribution < -0.4 is 11.5 Å². The average molecular weight is 257 g/mol. The number of benzene rings is 2. The predicted octanol–water partition coefficient (Wildman–Crippen LogP) is 2.83. The normalized spacial score (nSPS) is 10.9. The molecule has 0 fully saturated rings. The summed E-state index contributed by atoms with van der Waals surface area (Å²) in [6, 6.07) is 10.5. The minimum Gasteiger partial charge on any atom is -0.507 e. The number of aromatic nitrogens is 1. The molecule has 0 atom stereocenters. The first kappa shape index (κ1) is 10.9. The summed E-state index contributed by atoms with van der Waals surface area (Å²) in [4.78, 5) is 4.47. The number of phenolic OH excluding ortho intramolecular Hbond substituents is 1. The lowest BCUT2D eigenvalue weighted by Gasteiger charge is -2.01. The van der Waals surface area contributed by atoms with Crippen LogP contribution in [-0.2, 0) is 0 Å². The molecule has 0 unspecified atom stereocenters. The molecule has 0 aliphatic rings. The van der Waals surface area contributed by atoms with Crippen molar-refractivity contribution in [1.29, 1.82) is 0 Å². The third kappa shape index (κ3) is 1.74. The Morgan fingerprint density at radius 1 is 1.00 bits per heavy atom. The van der Waals surface area contributed by atoms with Gasteiger partial charge in [-0.15, -0.1) is 11.3 Å². The third-order valence-electron chi connectivity index (χ3n) is 2.66. The molecular weight excluding hydrogens is 246 g/mol. The van der Waals surface area contributed by atoms with Gasteiger partial charge < -0.3 is 16.6 Å². The summed E-state index contributed by atoms with van der Waals surface area (Å²) in [5, 5.41) is 10.6. The van der Waals surface area contributed by atoms with Gasteiger partial charge in [-0.1, -0.05) is 0 Å². The Hall–Kier alpha value is -2.27. The van der Waals surface area contributed by atoms with Crippen LogP contribution in [0.3, 0.4) is 0 Å². The smallest absolute Gasteiger partial charge is 0.128 e. The fourth-order valence-corrected chi connectivity index (χ4v) is 2.82. The van der Waals surface area contributed by atoms with Crippen molar-refractivity contribution < 1.29 is 5.11 Å².